The summed E-state index contributed by atoms with van der Waals surface area (Å²) < 4.78 is 38.2. The monoisotopic (exact) mass is 374 g/mol. The van der Waals surface area contributed by atoms with E-state index in [0.717, 1.165) is 18.5 Å². The molecule has 0 bridgehead atoms. The van der Waals surface area contributed by atoms with Gasteiger partial charge in [0, 0.05) is 24.7 Å². The number of ether oxygens (including phenoxy) is 2. The molecule has 0 saturated carbocycles. The predicted molar refractivity (Wildman–Crippen MR) is 96.0 cm³/mol. The van der Waals surface area contributed by atoms with Crippen molar-refractivity contribution in [3.63, 3.8) is 0 Å². The molecule has 1 saturated heterocycles. The van der Waals surface area contributed by atoms with E-state index in [4.69, 9.17) is 9.47 Å². The van der Waals surface area contributed by atoms with Gasteiger partial charge in [-0.2, -0.15) is 0 Å². The Hall–Kier alpha value is -2.74. The Morgan fingerprint density at radius 1 is 0.962 bits per heavy atom. The molecular weight excluding hydrogens is 356 g/mol. The van der Waals surface area contributed by atoms with E-state index >= 15 is 0 Å². The summed E-state index contributed by atoms with van der Waals surface area (Å²) in [7, 11) is -3.74. The van der Waals surface area contributed by atoms with Crippen LogP contribution in [0.5, 0.6) is 11.5 Å². The molecule has 1 N–H and O–H groups in total. The second-order valence-electron chi connectivity index (χ2n) is 6.17. The Morgan fingerprint density at radius 2 is 1.73 bits per heavy atom. The zero-order chi connectivity index (χ0) is 18.1. The topological polar surface area (TPSA) is 84.9 Å². The van der Waals surface area contributed by atoms with Crippen LogP contribution in [0.15, 0.2) is 47.4 Å². The normalized spacial score (nSPS) is 16.6. The molecule has 2 aliphatic heterocycles. The van der Waals surface area contributed by atoms with Crippen LogP contribution < -0.4 is 19.1 Å². The summed E-state index contributed by atoms with van der Waals surface area (Å²) in [6, 6.07) is 11.2. The molecule has 0 aromatic heterocycles. The first-order valence-electron chi connectivity index (χ1n) is 8.36. The van der Waals surface area contributed by atoms with Crippen molar-refractivity contribution in [3.8, 4) is 11.5 Å². The van der Waals surface area contributed by atoms with E-state index in [0.29, 0.717) is 30.2 Å². The molecule has 7 nitrogen and oxygen atoms in total. The number of carbonyl (C=O) groups is 1. The van der Waals surface area contributed by atoms with Crippen LogP contribution in [0.25, 0.3) is 0 Å². The fourth-order valence-corrected chi connectivity index (χ4v) is 4.11. The van der Waals surface area contributed by atoms with Crippen molar-refractivity contribution in [1.82, 2.24) is 0 Å². The quantitative estimate of drug-likeness (QED) is 0.889. The number of sulfonamides is 1. The molecule has 0 unspecified atom stereocenters. The number of rotatable bonds is 4. The second kappa shape index (κ2) is 6.53. The lowest BCUT2D eigenvalue weighted by atomic mass is 10.1. The Bertz CT molecular complexity index is 941. The van der Waals surface area contributed by atoms with Crippen LogP contribution in [0.1, 0.15) is 19.3 Å². The number of nitrogens with zero attached hydrogens (tertiary/aromatic N) is 1. The Morgan fingerprint density at radius 3 is 2.50 bits per heavy atom. The summed E-state index contributed by atoms with van der Waals surface area (Å²) in [4.78, 5) is 13.8. The molecule has 2 aromatic rings. The summed E-state index contributed by atoms with van der Waals surface area (Å²) in [5.41, 5.74) is 1.11. The van der Waals surface area contributed by atoms with Gasteiger partial charge in [-0.1, -0.05) is 0 Å². The maximum Gasteiger partial charge on any atom is 0.261 e. The maximum atomic E-state index is 12.6. The second-order valence-corrected chi connectivity index (χ2v) is 7.85. The summed E-state index contributed by atoms with van der Waals surface area (Å²) in [6.45, 7) is 0.794. The summed E-state index contributed by atoms with van der Waals surface area (Å²) in [6.07, 6.45) is 2.39. The zero-order valence-electron chi connectivity index (χ0n) is 14.0. The molecule has 4 rings (SSSR count). The van der Waals surface area contributed by atoms with Crippen LogP contribution in [0, 0.1) is 0 Å². The van der Waals surface area contributed by atoms with Crippen LogP contribution in [-0.4, -0.2) is 27.7 Å². The maximum absolute atomic E-state index is 12.6. The molecule has 0 spiro atoms. The molecule has 1 amide bonds. The van der Waals surface area contributed by atoms with Crippen LogP contribution in [0.4, 0.5) is 11.4 Å². The number of carbonyl (C=O) groups excluding carboxylic acids is 1. The highest BCUT2D eigenvalue weighted by atomic mass is 32.2. The number of piperidine rings is 1. The number of nitrogens with one attached hydrogen (secondary N) is 1. The lowest BCUT2D eigenvalue weighted by Crippen LogP contribution is -2.35. The number of amides is 1. The van der Waals surface area contributed by atoms with E-state index in [-0.39, 0.29) is 17.6 Å². The largest absolute Gasteiger partial charge is 0.454 e. The van der Waals surface area contributed by atoms with E-state index in [9.17, 15) is 13.2 Å². The minimum atomic E-state index is -3.74. The van der Waals surface area contributed by atoms with E-state index in [1.165, 1.54) is 12.1 Å². The number of hydrogen-bond donors (Lipinski definition) is 1. The van der Waals surface area contributed by atoms with Crippen LogP contribution in [-0.2, 0) is 14.8 Å². The number of hydrogen-bond acceptors (Lipinski definition) is 5. The third-order valence-corrected chi connectivity index (χ3v) is 5.80. The molecule has 2 aliphatic rings. The van der Waals surface area contributed by atoms with Crippen molar-refractivity contribution >= 4 is 27.3 Å². The van der Waals surface area contributed by atoms with Gasteiger partial charge in [0.25, 0.3) is 10.0 Å². The lowest BCUT2D eigenvalue weighted by molar-refractivity contribution is -0.119. The van der Waals surface area contributed by atoms with Gasteiger partial charge in [-0.15, -0.1) is 0 Å². The van der Waals surface area contributed by atoms with Gasteiger partial charge in [0.2, 0.25) is 12.7 Å². The van der Waals surface area contributed by atoms with Crippen molar-refractivity contribution in [3.05, 3.63) is 42.5 Å². The zero-order valence-corrected chi connectivity index (χ0v) is 14.8. The standard InChI is InChI=1S/C18H18N2O5S/c21-18-3-1-2-10-20(18)14-5-7-15(8-6-14)26(22,23)19-13-4-9-16-17(11-13)25-12-24-16/h4-9,11,19H,1-3,10,12H2. The van der Waals surface area contributed by atoms with Gasteiger partial charge < -0.3 is 14.4 Å². The van der Waals surface area contributed by atoms with E-state index < -0.39 is 10.0 Å². The van der Waals surface area contributed by atoms with Gasteiger partial charge in [-0.05, 0) is 49.2 Å². The summed E-state index contributed by atoms with van der Waals surface area (Å²) in [5.74, 6) is 1.16. The van der Waals surface area contributed by atoms with Gasteiger partial charge >= 0.3 is 0 Å². The first kappa shape index (κ1) is 16.7. The smallest absolute Gasteiger partial charge is 0.261 e. The number of benzene rings is 2. The lowest BCUT2D eigenvalue weighted by Gasteiger charge is -2.26. The molecule has 136 valence electrons. The van der Waals surface area contributed by atoms with Crippen LogP contribution in [0.2, 0.25) is 0 Å². The van der Waals surface area contributed by atoms with Crippen molar-refractivity contribution in [1.29, 1.82) is 0 Å². The third kappa shape index (κ3) is 3.20. The molecule has 1 fully saturated rings. The highest BCUT2D eigenvalue weighted by Crippen LogP contribution is 2.35. The van der Waals surface area contributed by atoms with E-state index in [1.54, 1.807) is 35.2 Å². The van der Waals surface area contributed by atoms with E-state index in [2.05, 4.69) is 4.72 Å². The fourth-order valence-electron chi connectivity index (χ4n) is 3.06. The van der Waals surface area contributed by atoms with Crippen LogP contribution >= 0.6 is 0 Å². The SMILES string of the molecule is O=C1CCCCN1c1ccc(S(=O)(=O)Nc2ccc3c(c2)OCO3)cc1. The van der Waals surface area contributed by atoms with Crippen molar-refractivity contribution in [2.45, 2.75) is 24.2 Å². The molecule has 0 atom stereocenters. The number of fused-ring (bicyclic) bond motifs is 1. The van der Waals surface area contributed by atoms with Crippen LogP contribution in [0.3, 0.4) is 0 Å². The first-order chi connectivity index (χ1) is 12.5. The first-order valence-corrected chi connectivity index (χ1v) is 9.84. The van der Waals surface area contributed by atoms with E-state index in [1.807, 2.05) is 0 Å². The summed E-state index contributed by atoms with van der Waals surface area (Å²) >= 11 is 0. The minimum absolute atomic E-state index is 0.0744. The third-order valence-electron chi connectivity index (χ3n) is 4.41. The Balaban J connectivity index is 1.53. The molecular formula is C18H18N2O5S. The molecule has 0 aliphatic carbocycles. The molecule has 2 heterocycles. The van der Waals surface area contributed by atoms with Gasteiger partial charge in [0.05, 0.1) is 10.6 Å². The van der Waals surface area contributed by atoms with Crippen molar-refractivity contribution in [2.24, 2.45) is 0 Å². The Labute approximate surface area is 151 Å². The minimum Gasteiger partial charge on any atom is -0.454 e. The Kier molecular flexibility index (Phi) is 4.20. The number of anilines is 2. The van der Waals surface area contributed by atoms with Gasteiger partial charge in [-0.25, -0.2) is 8.42 Å². The molecule has 26 heavy (non-hydrogen) atoms. The molecule has 0 radical (unpaired) electrons. The van der Waals surface area contributed by atoms with Crippen molar-refractivity contribution in [2.75, 3.05) is 23.0 Å². The average molecular weight is 374 g/mol. The average Bonchev–Trinajstić information content (AvgIpc) is 3.10. The van der Waals surface area contributed by atoms with Gasteiger partial charge in [-0.3, -0.25) is 9.52 Å². The van der Waals surface area contributed by atoms with Gasteiger partial charge in [0.15, 0.2) is 11.5 Å². The highest BCUT2D eigenvalue weighted by Gasteiger charge is 2.21. The molecule has 2 aromatic carbocycles. The van der Waals surface area contributed by atoms with Crippen molar-refractivity contribution < 1.29 is 22.7 Å². The summed E-state index contributed by atoms with van der Waals surface area (Å²) in [5, 5.41) is 0. The highest BCUT2D eigenvalue weighted by molar-refractivity contribution is 7.92. The fraction of sp³-hybridized carbons (Fsp3) is 0.278. The predicted octanol–water partition coefficient (Wildman–Crippen LogP) is 2.73. The van der Waals surface area contributed by atoms with Gasteiger partial charge in [0.1, 0.15) is 0 Å². The molecule has 8 heteroatoms.